The van der Waals surface area contributed by atoms with Gasteiger partial charge in [0.1, 0.15) is 5.76 Å². The zero-order valence-corrected chi connectivity index (χ0v) is 6.29. The van der Waals surface area contributed by atoms with E-state index in [-0.39, 0.29) is 11.1 Å². The lowest BCUT2D eigenvalue weighted by atomic mass is 10.4. The Balaban J connectivity index is 4.00. The number of rotatable bonds is 1. The zero-order valence-electron chi connectivity index (χ0n) is 4.78. The molecule has 0 saturated heterocycles. The summed E-state index contributed by atoms with van der Waals surface area (Å²) in [5.74, 6) is 0.0494. The van der Waals surface area contributed by atoms with Gasteiger partial charge in [0.05, 0.1) is 10.4 Å². The van der Waals surface area contributed by atoms with Crippen LogP contribution in [0.1, 0.15) is 13.8 Å². The van der Waals surface area contributed by atoms with E-state index in [9.17, 15) is 0 Å². The molecule has 0 aromatic rings. The standard InChI is InChI=1S/C5H8Cl2O/c1-3(6)5(8)4(2)7/h3,8H,1-2H3/b5-4+. The summed E-state index contributed by atoms with van der Waals surface area (Å²) in [5.41, 5.74) is 0. The molecule has 1 N–H and O–H groups in total. The van der Waals surface area contributed by atoms with Crippen molar-refractivity contribution in [3.05, 3.63) is 10.8 Å². The Hall–Kier alpha value is 0.120. The zero-order chi connectivity index (χ0) is 6.73. The van der Waals surface area contributed by atoms with Crippen molar-refractivity contribution in [1.82, 2.24) is 0 Å². The fourth-order valence-electron chi connectivity index (χ4n) is 0.274. The maximum atomic E-state index is 8.82. The van der Waals surface area contributed by atoms with Gasteiger partial charge in [-0.15, -0.1) is 11.6 Å². The molecule has 1 nitrogen and oxygen atoms in total. The van der Waals surface area contributed by atoms with E-state index in [4.69, 9.17) is 28.3 Å². The predicted molar refractivity (Wildman–Crippen MR) is 36.5 cm³/mol. The van der Waals surface area contributed by atoms with Crippen LogP contribution >= 0.6 is 23.2 Å². The van der Waals surface area contributed by atoms with Crippen LogP contribution in [0.4, 0.5) is 0 Å². The lowest BCUT2D eigenvalue weighted by molar-refractivity contribution is 0.394. The largest absolute Gasteiger partial charge is 0.510 e. The minimum absolute atomic E-state index is 0.0494. The molecule has 0 aliphatic rings. The van der Waals surface area contributed by atoms with Crippen molar-refractivity contribution in [1.29, 1.82) is 0 Å². The first-order valence-electron chi connectivity index (χ1n) is 2.25. The number of alkyl halides is 1. The second kappa shape index (κ2) is 3.21. The normalized spacial score (nSPS) is 17.5. The van der Waals surface area contributed by atoms with Gasteiger partial charge in [0.2, 0.25) is 0 Å². The van der Waals surface area contributed by atoms with Gasteiger partial charge in [-0.05, 0) is 13.8 Å². The Labute approximate surface area is 58.9 Å². The molecule has 0 rings (SSSR count). The molecule has 8 heavy (non-hydrogen) atoms. The fourth-order valence-corrected chi connectivity index (χ4v) is 0.657. The van der Waals surface area contributed by atoms with Crippen molar-refractivity contribution < 1.29 is 5.11 Å². The van der Waals surface area contributed by atoms with Crippen molar-refractivity contribution >= 4 is 23.2 Å². The molecule has 1 unspecified atom stereocenters. The molecule has 0 heterocycles. The summed E-state index contributed by atoms with van der Waals surface area (Å²) in [5, 5.41) is 8.79. The lowest BCUT2D eigenvalue weighted by Gasteiger charge is -2.00. The second-order valence-electron chi connectivity index (χ2n) is 1.53. The van der Waals surface area contributed by atoms with E-state index < -0.39 is 0 Å². The van der Waals surface area contributed by atoms with Crippen LogP contribution in [0.2, 0.25) is 0 Å². The molecule has 0 amide bonds. The summed E-state index contributed by atoms with van der Waals surface area (Å²) < 4.78 is 0. The van der Waals surface area contributed by atoms with Gasteiger partial charge in [-0.3, -0.25) is 0 Å². The van der Waals surface area contributed by atoms with Crippen molar-refractivity contribution in [2.75, 3.05) is 0 Å². The van der Waals surface area contributed by atoms with Crippen LogP contribution in [-0.4, -0.2) is 10.5 Å². The number of halogens is 2. The number of hydrogen-bond donors (Lipinski definition) is 1. The van der Waals surface area contributed by atoms with Crippen LogP contribution in [0.3, 0.4) is 0 Å². The topological polar surface area (TPSA) is 20.2 Å². The Morgan fingerprint density at radius 3 is 2.00 bits per heavy atom. The molecule has 1 atom stereocenters. The van der Waals surface area contributed by atoms with Crippen molar-refractivity contribution in [2.24, 2.45) is 0 Å². The maximum Gasteiger partial charge on any atom is 0.124 e. The Morgan fingerprint density at radius 2 is 2.00 bits per heavy atom. The Morgan fingerprint density at radius 1 is 1.62 bits per heavy atom. The smallest absolute Gasteiger partial charge is 0.124 e. The van der Waals surface area contributed by atoms with E-state index in [2.05, 4.69) is 0 Å². The number of hydrogen-bond acceptors (Lipinski definition) is 1. The first kappa shape index (κ1) is 8.12. The number of allylic oxidation sites excluding steroid dienone is 2. The van der Waals surface area contributed by atoms with Gasteiger partial charge in [-0.25, -0.2) is 0 Å². The SMILES string of the molecule is C/C(Cl)=C(\O)C(C)Cl. The molecular formula is C5H8Cl2O. The van der Waals surface area contributed by atoms with E-state index in [0.29, 0.717) is 5.03 Å². The Kier molecular flexibility index (Phi) is 3.25. The van der Waals surface area contributed by atoms with Gasteiger partial charge < -0.3 is 5.11 Å². The predicted octanol–water partition coefficient (Wildman–Crippen LogP) is 2.64. The molecule has 0 radical (unpaired) electrons. The third-order valence-electron chi connectivity index (χ3n) is 0.730. The molecule has 0 fully saturated rings. The van der Waals surface area contributed by atoms with E-state index >= 15 is 0 Å². The monoisotopic (exact) mass is 154 g/mol. The quantitative estimate of drug-likeness (QED) is 0.455. The van der Waals surface area contributed by atoms with E-state index in [1.54, 1.807) is 13.8 Å². The summed E-state index contributed by atoms with van der Waals surface area (Å²) in [6, 6.07) is 0. The molecular weight excluding hydrogens is 147 g/mol. The van der Waals surface area contributed by atoms with E-state index in [0.717, 1.165) is 0 Å². The minimum Gasteiger partial charge on any atom is -0.510 e. The Bertz CT molecular complexity index is 103. The number of aliphatic hydroxyl groups excluding tert-OH is 1. The van der Waals surface area contributed by atoms with Crippen LogP contribution in [0.25, 0.3) is 0 Å². The van der Waals surface area contributed by atoms with Gasteiger partial charge in [0.15, 0.2) is 0 Å². The highest BCUT2D eigenvalue weighted by Crippen LogP contribution is 2.12. The van der Waals surface area contributed by atoms with Gasteiger partial charge in [-0.1, -0.05) is 11.6 Å². The van der Waals surface area contributed by atoms with Crippen LogP contribution in [0, 0.1) is 0 Å². The molecule has 0 aromatic carbocycles. The first-order chi connectivity index (χ1) is 3.55. The van der Waals surface area contributed by atoms with Crippen molar-refractivity contribution in [3.63, 3.8) is 0 Å². The molecule has 0 aromatic heterocycles. The highest BCUT2D eigenvalue weighted by atomic mass is 35.5. The molecule has 0 bridgehead atoms. The highest BCUT2D eigenvalue weighted by molar-refractivity contribution is 6.30. The van der Waals surface area contributed by atoms with E-state index in [1.165, 1.54) is 0 Å². The summed E-state index contributed by atoms with van der Waals surface area (Å²) in [6.07, 6.45) is 0. The average molecular weight is 155 g/mol. The lowest BCUT2D eigenvalue weighted by Crippen LogP contribution is -1.96. The van der Waals surface area contributed by atoms with Crippen LogP contribution < -0.4 is 0 Å². The second-order valence-corrected chi connectivity index (χ2v) is 2.76. The van der Waals surface area contributed by atoms with E-state index in [1.807, 2.05) is 0 Å². The number of aliphatic hydroxyl groups is 1. The van der Waals surface area contributed by atoms with Crippen LogP contribution in [0.5, 0.6) is 0 Å². The van der Waals surface area contributed by atoms with Crippen molar-refractivity contribution in [2.45, 2.75) is 19.2 Å². The first-order valence-corrected chi connectivity index (χ1v) is 3.06. The van der Waals surface area contributed by atoms with Crippen LogP contribution in [0.15, 0.2) is 10.8 Å². The summed E-state index contributed by atoms with van der Waals surface area (Å²) >= 11 is 10.8. The molecule has 0 saturated carbocycles. The van der Waals surface area contributed by atoms with Gasteiger partial charge in [0.25, 0.3) is 0 Å². The van der Waals surface area contributed by atoms with Gasteiger partial charge >= 0.3 is 0 Å². The summed E-state index contributed by atoms with van der Waals surface area (Å²) in [4.78, 5) is 0. The molecule has 0 spiro atoms. The average Bonchev–Trinajstić information content (AvgIpc) is 1.64. The van der Waals surface area contributed by atoms with Gasteiger partial charge in [0, 0.05) is 0 Å². The molecule has 48 valence electrons. The van der Waals surface area contributed by atoms with Crippen molar-refractivity contribution in [3.8, 4) is 0 Å². The molecule has 3 heteroatoms. The molecule has 0 aliphatic carbocycles. The third-order valence-corrected chi connectivity index (χ3v) is 1.13. The fraction of sp³-hybridized carbons (Fsp3) is 0.600. The third kappa shape index (κ3) is 2.43. The highest BCUT2D eigenvalue weighted by Gasteiger charge is 2.03. The van der Waals surface area contributed by atoms with Crippen LogP contribution in [-0.2, 0) is 0 Å². The maximum absolute atomic E-state index is 8.82. The summed E-state index contributed by atoms with van der Waals surface area (Å²) in [6.45, 7) is 3.25. The molecule has 0 aliphatic heterocycles. The van der Waals surface area contributed by atoms with Gasteiger partial charge in [-0.2, -0.15) is 0 Å². The minimum atomic E-state index is -0.382. The summed E-state index contributed by atoms with van der Waals surface area (Å²) in [7, 11) is 0.